The summed E-state index contributed by atoms with van der Waals surface area (Å²) in [6.07, 6.45) is 1.14. The summed E-state index contributed by atoms with van der Waals surface area (Å²) in [5, 5.41) is 7.27. The van der Waals surface area contributed by atoms with E-state index in [1.165, 1.54) is 0 Å². The number of aromatic amines is 1. The molecule has 0 saturated carbocycles. The van der Waals surface area contributed by atoms with Crippen molar-refractivity contribution in [3.63, 3.8) is 0 Å². The zero-order chi connectivity index (χ0) is 21.5. The van der Waals surface area contributed by atoms with Crippen LogP contribution in [0, 0.1) is 5.92 Å². The number of nitrogens with one attached hydrogen (secondary N) is 1. The quantitative estimate of drug-likeness (QED) is 0.705. The van der Waals surface area contributed by atoms with Gasteiger partial charge in [0.1, 0.15) is 11.4 Å². The molecule has 2 aromatic heterocycles. The lowest BCUT2D eigenvalue weighted by Crippen LogP contribution is -2.49. The number of likely N-dealkylation sites (tertiary alicyclic amines) is 1. The van der Waals surface area contributed by atoms with E-state index in [4.69, 9.17) is 4.74 Å². The molecular weight excluding hydrogens is 392 g/mol. The number of pyridine rings is 1. The average Bonchev–Trinajstić information content (AvgIpc) is 3.24. The number of amides is 1. The van der Waals surface area contributed by atoms with Crippen molar-refractivity contribution in [3.8, 4) is 17.0 Å². The number of piperidine rings is 1. The molecule has 4 heterocycles. The van der Waals surface area contributed by atoms with Crippen molar-refractivity contribution in [1.82, 2.24) is 19.7 Å². The number of nitrogens with zero attached hydrogens (tertiary/aromatic N) is 3. The Kier molecular flexibility index (Phi) is 4.88. The second-order valence-electron chi connectivity index (χ2n) is 8.77. The SMILES string of the molecule is CC(C)Oc1ccc(-c2cc(C(=O)N3CC4CC(C3)c3cccc(=O)n3C4)[nH]n2)cc1. The van der Waals surface area contributed by atoms with E-state index in [1.807, 2.05) is 65.8 Å². The van der Waals surface area contributed by atoms with Crippen LogP contribution in [0.3, 0.4) is 0 Å². The lowest BCUT2D eigenvalue weighted by Gasteiger charge is -2.42. The van der Waals surface area contributed by atoms with Gasteiger partial charge in [-0.15, -0.1) is 0 Å². The number of benzene rings is 1. The van der Waals surface area contributed by atoms with Gasteiger partial charge in [0, 0.05) is 42.9 Å². The summed E-state index contributed by atoms with van der Waals surface area (Å²) in [6, 6.07) is 15.0. The molecule has 1 aromatic carbocycles. The van der Waals surface area contributed by atoms with E-state index in [2.05, 4.69) is 10.2 Å². The van der Waals surface area contributed by atoms with Crippen LogP contribution in [0.2, 0.25) is 0 Å². The second kappa shape index (κ2) is 7.72. The minimum atomic E-state index is -0.0417. The van der Waals surface area contributed by atoms with Crippen molar-refractivity contribution in [3.05, 3.63) is 70.3 Å². The summed E-state index contributed by atoms with van der Waals surface area (Å²) in [7, 11) is 0. The first-order valence-electron chi connectivity index (χ1n) is 10.8. The number of hydrogen-bond acceptors (Lipinski definition) is 4. The third-order valence-corrected chi connectivity index (χ3v) is 6.10. The number of hydrogen-bond donors (Lipinski definition) is 1. The third kappa shape index (κ3) is 3.76. The number of rotatable bonds is 4. The number of ether oxygens (including phenoxy) is 1. The van der Waals surface area contributed by atoms with Gasteiger partial charge in [-0.3, -0.25) is 14.7 Å². The van der Waals surface area contributed by atoms with Gasteiger partial charge in [-0.1, -0.05) is 6.07 Å². The van der Waals surface area contributed by atoms with Gasteiger partial charge in [-0.2, -0.15) is 5.10 Å². The molecule has 7 nitrogen and oxygen atoms in total. The first kappa shape index (κ1) is 19.6. The summed E-state index contributed by atoms with van der Waals surface area (Å²) in [5.41, 5.74) is 3.23. The first-order chi connectivity index (χ1) is 15.0. The van der Waals surface area contributed by atoms with Gasteiger partial charge < -0.3 is 14.2 Å². The molecule has 2 atom stereocenters. The van der Waals surface area contributed by atoms with E-state index < -0.39 is 0 Å². The Morgan fingerprint density at radius 1 is 1.13 bits per heavy atom. The van der Waals surface area contributed by atoms with Gasteiger partial charge in [0.05, 0.1) is 11.8 Å². The van der Waals surface area contributed by atoms with Crippen LogP contribution in [-0.2, 0) is 6.54 Å². The largest absolute Gasteiger partial charge is 0.491 e. The van der Waals surface area contributed by atoms with Crippen molar-refractivity contribution in [1.29, 1.82) is 0 Å². The lowest BCUT2D eigenvalue weighted by molar-refractivity contribution is 0.0588. The highest BCUT2D eigenvalue weighted by Crippen LogP contribution is 2.35. The van der Waals surface area contributed by atoms with Crippen LogP contribution >= 0.6 is 0 Å². The van der Waals surface area contributed by atoms with Gasteiger partial charge in [-0.25, -0.2) is 0 Å². The van der Waals surface area contributed by atoms with Crippen molar-refractivity contribution in [2.75, 3.05) is 13.1 Å². The van der Waals surface area contributed by atoms with E-state index >= 15 is 0 Å². The third-order valence-electron chi connectivity index (χ3n) is 6.10. The van der Waals surface area contributed by atoms with E-state index in [0.717, 1.165) is 29.1 Å². The number of carbonyl (C=O) groups is 1. The number of aromatic nitrogens is 3. The maximum Gasteiger partial charge on any atom is 0.271 e. The van der Waals surface area contributed by atoms with Gasteiger partial charge in [0.15, 0.2) is 0 Å². The summed E-state index contributed by atoms with van der Waals surface area (Å²) < 4.78 is 7.56. The minimum Gasteiger partial charge on any atom is -0.491 e. The standard InChI is InChI=1S/C24H26N4O3/c1-15(2)31-19-8-6-17(7-9-19)20-11-21(26-25-20)24(30)27-12-16-10-18(14-27)22-4-3-5-23(29)28(22)13-16/h3-9,11,15-16,18H,10,12-14H2,1-2H3,(H,25,26). The Hall–Kier alpha value is -3.35. The molecule has 2 aliphatic heterocycles. The Labute approximate surface area is 180 Å². The first-order valence-corrected chi connectivity index (χ1v) is 10.8. The summed E-state index contributed by atoms with van der Waals surface area (Å²) in [5.74, 6) is 1.26. The van der Waals surface area contributed by atoms with Crippen molar-refractivity contribution in [2.24, 2.45) is 5.92 Å². The van der Waals surface area contributed by atoms with E-state index in [-0.39, 0.29) is 23.5 Å². The Morgan fingerprint density at radius 3 is 2.71 bits per heavy atom. The van der Waals surface area contributed by atoms with Crippen LogP contribution in [-0.4, -0.2) is 44.8 Å². The van der Waals surface area contributed by atoms with Crippen LogP contribution in [0.5, 0.6) is 5.75 Å². The number of carbonyl (C=O) groups excluding carboxylic acids is 1. The van der Waals surface area contributed by atoms with Gasteiger partial charge >= 0.3 is 0 Å². The normalized spacial score (nSPS) is 19.9. The number of H-pyrrole nitrogens is 1. The summed E-state index contributed by atoms with van der Waals surface area (Å²) in [6.45, 7) is 5.94. The summed E-state index contributed by atoms with van der Waals surface area (Å²) in [4.78, 5) is 27.3. The highest BCUT2D eigenvalue weighted by atomic mass is 16.5. The molecular formula is C24H26N4O3. The maximum absolute atomic E-state index is 13.2. The Balaban J connectivity index is 1.33. The predicted octanol–water partition coefficient (Wildman–Crippen LogP) is 3.29. The molecule has 1 fully saturated rings. The topological polar surface area (TPSA) is 80.2 Å². The molecule has 1 amide bonds. The molecule has 31 heavy (non-hydrogen) atoms. The van der Waals surface area contributed by atoms with Gasteiger partial charge in [0.25, 0.3) is 11.5 Å². The van der Waals surface area contributed by atoms with E-state index in [9.17, 15) is 9.59 Å². The van der Waals surface area contributed by atoms with Crippen LogP contribution < -0.4 is 10.3 Å². The summed E-state index contributed by atoms with van der Waals surface area (Å²) >= 11 is 0. The second-order valence-corrected chi connectivity index (χ2v) is 8.77. The maximum atomic E-state index is 13.2. The smallest absolute Gasteiger partial charge is 0.271 e. The molecule has 1 saturated heterocycles. The lowest BCUT2D eigenvalue weighted by atomic mass is 9.83. The average molecular weight is 418 g/mol. The fraction of sp³-hybridized carbons (Fsp3) is 0.375. The Bertz CT molecular complexity index is 1160. The van der Waals surface area contributed by atoms with Crippen molar-refractivity contribution in [2.45, 2.75) is 38.8 Å². The van der Waals surface area contributed by atoms with Gasteiger partial charge in [0.2, 0.25) is 0 Å². The molecule has 1 N–H and O–H groups in total. The fourth-order valence-corrected chi connectivity index (χ4v) is 4.79. The van der Waals surface area contributed by atoms with E-state index in [0.29, 0.717) is 31.2 Å². The van der Waals surface area contributed by atoms with Crippen LogP contribution in [0.25, 0.3) is 11.3 Å². The zero-order valence-electron chi connectivity index (χ0n) is 17.7. The molecule has 0 spiro atoms. The van der Waals surface area contributed by atoms with Crippen LogP contribution in [0.1, 0.15) is 42.4 Å². The molecule has 5 rings (SSSR count). The molecule has 2 unspecified atom stereocenters. The minimum absolute atomic E-state index is 0.0417. The van der Waals surface area contributed by atoms with Crippen molar-refractivity contribution < 1.29 is 9.53 Å². The molecule has 0 radical (unpaired) electrons. The molecule has 160 valence electrons. The Morgan fingerprint density at radius 2 is 1.94 bits per heavy atom. The zero-order valence-corrected chi connectivity index (χ0v) is 17.7. The number of fused-ring (bicyclic) bond motifs is 4. The molecule has 2 bridgehead atoms. The highest BCUT2D eigenvalue weighted by Gasteiger charge is 2.36. The molecule has 7 heteroatoms. The molecule has 2 aliphatic rings. The van der Waals surface area contributed by atoms with Crippen molar-refractivity contribution >= 4 is 5.91 Å². The predicted molar refractivity (Wildman–Crippen MR) is 117 cm³/mol. The fourth-order valence-electron chi connectivity index (χ4n) is 4.79. The van der Waals surface area contributed by atoms with Crippen LogP contribution in [0.15, 0.2) is 53.3 Å². The molecule has 3 aromatic rings. The van der Waals surface area contributed by atoms with Crippen LogP contribution in [0.4, 0.5) is 0 Å². The highest BCUT2D eigenvalue weighted by molar-refractivity contribution is 5.93. The molecule has 0 aliphatic carbocycles. The van der Waals surface area contributed by atoms with Gasteiger partial charge in [-0.05, 0) is 62.6 Å². The monoisotopic (exact) mass is 418 g/mol. The van der Waals surface area contributed by atoms with E-state index in [1.54, 1.807) is 6.07 Å².